The smallest absolute Gasteiger partial charge is 0.257 e. The van der Waals surface area contributed by atoms with Crippen LogP contribution in [0.3, 0.4) is 0 Å². The first-order valence-electron chi connectivity index (χ1n) is 10.1. The third-order valence-electron chi connectivity index (χ3n) is 4.49. The topological polar surface area (TPSA) is 89.2 Å². The summed E-state index contributed by atoms with van der Waals surface area (Å²) in [5.41, 5.74) is 2.64. The van der Waals surface area contributed by atoms with Crippen LogP contribution in [-0.4, -0.2) is 35.5 Å². The van der Waals surface area contributed by atoms with E-state index in [9.17, 15) is 4.79 Å². The fourth-order valence-corrected chi connectivity index (χ4v) is 3.06. The molecule has 0 aliphatic rings. The first-order valence-corrected chi connectivity index (χ1v) is 10.1. The lowest BCUT2D eigenvalue weighted by Crippen LogP contribution is -2.19. The van der Waals surface area contributed by atoms with Gasteiger partial charge in [0, 0.05) is 43.1 Å². The van der Waals surface area contributed by atoms with Crippen LogP contribution in [0.5, 0.6) is 5.75 Å². The van der Waals surface area contributed by atoms with Gasteiger partial charge < -0.3 is 14.8 Å². The lowest BCUT2D eigenvalue weighted by molar-refractivity contribution is 0.0917. The second-order valence-electron chi connectivity index (χ2n) is 7.20. The van der Waals surface area contributed by atoms with Crippen molar-refractivity contribution in [2.45, 2.75) is 19.4 Å². The van der Waals surface area contributed by atoms with Crippen molar-refractivity contribution in [1.29, 1.82) is 5.26 Å². The molecule has 7 heteroatoms. The zero-order valence-corrected chi connectivity index (χ0v) is 18.3. The Balaban J connectivity index is 1.94. The number of rotatable bonds is 7. The average molecular weight is 428 g/mol. The number of aromatic nitrogens is 2. The maximum absolute atomic E-state index is 12.8. The van der Waals surface area contributed by atoms with Crippen LogP contribution < -0.4 is 10.1 Å². The molecule has 0 aliphatic carbocycles. The maximum Gasteiger partial charge on any atom is 0.257 e. The molecule has 3 aromatic rings. The molecular weight excluding hydrogens is 404 g/mol. The lowest BCUT2D eigenvalue weighted by Gasteiger charge is -2.15. The Morgan fingerprint density at radius 3 is 2.75 bits per heavy atom. The molecule has 3 rings (SSSR count). The SMILES string of the molecule is COC[C@H](C)Oc1cc(C#Cc2ccccc2CC#N)cc(C(=O)Nc2ccn(C)n2)c1. The van der Waals surface area contributed by atoms with Crippen molar-refractivity contribution in [3.05, 3.63) is 77.0 Å². The van der Waals surface area contributed by atoms with E-state index >= 15 is 0 Å². The Kier molecular flexibility index (Phi) is 7.64. The average Bonchev–Trinajstić information content (AvgIpc) is 3.18. The van der Waals surface area contributed by atoms with E-state index in [2.05, 4.69) is 28.3 Å². The highest BCUT2D eigenvalue weighted by atomic mass is 16.5. The molecule has 162 valence electrons. The Bertz CT molecular complexity index is 1200. The summed E-state index contributed by atoms with van der Waals surface area (Å²) in [5, 5.41) is 16.0. The molecule has 1 amide bonds. The number of aryl methyl sites for hydroxylation is 1. The van der Waals surface area contributed by atoms with Gasteiger partial charge in [-0.3, -0.25) is 9.48 Å². The molecule has 0 radical (unpaired) electrons. The third-order valence-corrected chi connectivity index (χ3v) is 4.49. The molecule has 0 spiro atoms. The number of nitriles is 1. The van der Waals surface area contributed by atoms with Crippen molar-refractivity contribution in [3.8, 4) is 23.7 Å². The number of amides is 1. The minimum absolute atomic E-state index is 0.203. The minimum atomic E-state index is -0.318. The van der Waals surface area contributed by atoms with Gasteiger partial charge in [-0.1, -0.05) is 30.0 Å². The van der Waals surface area contributed by atoms with Crippen molar-refractivity contribution in [1.82, 2.24) is 9.78 Å². The number of hydrogen-bond acceptors (Lipinski definition) is 5. The summed E-state index contributed by atoms with van der Waals surface area (Å²) >= 11 is 0. The number of carbonyl (C=O) groups is 1. The molecule has 1 atom stereocenters. The third kappa shape index (κ3) is 6.21. The highest BCUT2D eigenvalue weighted by Crippen LogP contribution is 2.20. The van der Waals surface area contributed by atoms with Crippen molar-refractivity contribution in [3.63, 3.8) is 0 Å². The van der Waals surface area contributed by atoms with Gasteiger partial charge in [0.2, 0.25) is 0 Å². The van der Waals surface area contributed by atoms with Crippen LogP contribution in [0.2, 0.25) is 0 Å². The number of anilines is 1. The lowest BCUT2D eigenvalue weighted by atomic mass is 10.0. The summed E-state index contributed by atoms with van der Waals surface area (Å²) in [7, 11) is 3.38. The van der Waals surface area contributed by atoms with Gasteiger partial charge in [0.15, 0.2) is 5.82 Å². The number of benzene rings is 2. The molecule has 0 saturated carbocycles. The first kappa shape index (κ1) is 22.6. The van der Waals surface area contributed by atoms with Gasteiger partial charge in [-0.25, -0.2) is 0 Å². The van der Waals surface area contributed by atoms with Crippen LogP contribution in [0, 0.1) is 23.2 Å². The van der Waals surface area contributed by atoms with Gasteiger partial charge in [0.05, 0.1) is 19.1 Å². The monoisotopic (exact) mass is 428 g/mol. The molecule has 0 fully saturated rings. The Morgan fingerprint density at radius 2 is 2.03 bits per heavy atom. The van der Waals surface area contributed by atoms with Gasteiger partial charge in [0.25, 0.3) is 5.91 Å². The van der Waals surface area contributed by atoms with Gasteiger partial charge >= 0.3 is 0 Å². The largest absolute Gasteiger partial charge is 0.488 e. The number of methoxy groups -OCH3 is 1. The van der Waals surface area contributed by atoms with E-state index in [0.717, 1.165) is 11.1 Å². The zero-order chi connectivity index (χ0) is 22.9. The van der Waals surface area contributed by atoms with Crippen molar-refractivity contribution in [2.75, 3.05) is 19.0 Å². The van der Waals surface area contributed by atoms with Crippen LogP contribution in [0.25, 0.3) is 0 Å². The van der Waals surface area contributed by atoms with E-state index in [0.29, 0.717) is 29.3 Å². The fraction of sp³-hybridized carbons (Fsp3) is 0.240. The second kappa shape index (κ2) is 10.8. The summed E-state index contributed by atoms with van der Waals surface area (Å²) in [4.78, 5) is 12.8. The van der Waals surface area contributed by atoms with Crippen LogP contribution in [0.4, 0.5) is 5.82 Å². The number of nitrogens with one attached hydrogen (secondary N) is 1. The van der Waals surface area contributed by atoms with E-state index in [1.54, 1.807) is 49.3 Å². The summed E-state index contributed by atoms with van der Waals surface area (Å²) < 4.78 is 12.7. The van der Waals surface area contributed by atoms with Crippen molar-refractivity contribution >= 4 is 11.7 Å². The molecular formula is C25H24N4O3. The molecule has 32 heavy (non-hydrogen) atoms. The fourth-order valence-electron chi connectivity index (χ4n) is 3.06. The molecule has 1 aromatic heterocycles. The molecule has 7 nitrogen and oxygen atoms in total. The number of carbonyl (C=O) groups excluding carboxylic acids is 1. The zero-order valence-electron chi connectivity index (χ0n) is 18.3. The molecule has 1 heterocycles. The number of nitrogens with zero attached hydrogens (tertiary/aromatic N) is 3. The van der Waals surface area contributed by atoms with Crippen molar-refractivity contribution < 1.29 is 14.3 Å². The second-order valence-corrected chi connectivity index (χ2v) is 7.20. The van der Waals surface area contributed by atoms with E-state index in [1.165, 1.54) is 0 Å². The Hall–Kier alpha value is -4.07. The van der Waals surface area contributed by atoms with Gasteiger partial charge in [0.1, 0.15) is 11.9 Å². The van der Waals surface area contributed by atoms with Crippen LogP contribution in [-0.2, 0) is 18.2 Å². The summed E-state index contributed by atoms with van der Waals surface area (Å²) in [6.45, 7) is 2.29. The quantitative estimate of drug-likeness (QED) is 0.582. The van der Waals surface area contributed by atoms with Gasteiger partial charge in [-0.05, 0) is 36.8 Å². The summed E-state index contributed by atoms with van der Waals surface area (Å²) in [5.74, 6) is 6.86. The van der Waals surface area contributed by atoms with Crippen LogP contribution >= 0.6 is 0 Å². The number of hydrogen-bond donors (Lipinski definition) is 1. The highest BCUT2D eigenvalue weighted by molar-refractivity contribution is 6.04. The molecule has 0 unspecified atom stereocenters. The van der Waals surface area contributed by atoms with E-state index in [-0.39, 0.29) is 18.4 Å². The molecule has 0 bridgehead atoms. The molecule has 1 N–H and O–H groups in total. The minimum Gasteiger partial charge on any atom is -0.488 e. The van der Waals surface area contributed by atoms with Crippen LogP contribution in [0.1, 0.15) is 34.0 Å². The Labute approximate surface area is 187 Å². The van der Waals surface area contributed by atoms with E-state index in [4.69, 9.17) is 14.7 Å². The maximum atomic E-state index is 12.8. The normalized spacial score (nSPS) is 11.1. The van der Waals surface area contributed by atoms with Crippen molar-refractivity contribution in [2.24, 2.45) is 7.05 Å². The summed E-state index contributed by atoms with van der Waals surface area (Å²) in [6, 6.07) is 16.5. The highest BCUT2D eigenvalue weighted by Gasteiger charge is 2.13. The van der Waals surface area contributed by atoms with Gasteiger partial charge in [-0.2, -0.15) is 10.4 Å². The van der Waals surface area contributed by atoms with Crippen LogP contribution in [0.15, 0.2) is 54.7 Å². The predicted molar refractivity (Wildman–Crippen MR) is 121 cm³/mol. The predicted octanol–water partition coefficient (Wildman–Crippen LogP) is 3.55. The standard InChI is InChI=1S/C25H24N4O3/c1-18(17-31-3)32-23-15-19(8-9-20-6-4-5-7-21(20)10-12-26)14-22(16-23)25(30)27-24-11-13-29(2)28-24/h4-7,11,13-16,18H,10,17H2,1-3H3,(H,27,28,30)/t18-/m0/s1. The molecule has 0 aliphatic heterocycles. The van der Waals surface area contributed by atoms with E-state index in [1.807, 2.05) is 31.2 Å². The van der Waals surface area contributed by atoms with Gasteiger partial charge in [-0.15, -0.1) is 0 Å². The summed E-state index contributed by atoms with van der Waals surface area (Å²) in [6.07, 6.45) is 1.82. The molecule has 2 aromatic carbocycles. The first-order chi connectivity index (χ1) is 15.5. The van der Waals surface area contributed by atoms with E-state index < -0.39 is 0 Å². The number of ether oxygens (including phenoxy) is 2. The Morgan fingerprint density at radius 1 is 1.22 bits per heavy atom. The molecule has 0 saturated heterocycles.